The molecule has 122 valence electrons. The molecule has 0 spiro atoms. The highest BCUT2D eigenvalue weighted by Gasteiger charge is 2.43. The van der Waals surface area contributed by atoms with Crippen LogP contribution in [0.2, 0.25) is 5.02 Å². The molecule has 0 bridgehead atoms. The number of carboxylic acids is 1. The summed E-state index contributed by atoms with van der Waals surface area (Å²) in [5.41, 5.74) is 4.04. The number of aromatic carboxylic acids is 1. The standard InChI is InChI=1S/C18H16ClN3O2/c1-18(7-8-18)16-13(15-6-5-11(19)10-22(15)21-16)9-12-3-2-4-14(20-12)17(23)24/h2-6,10H,7-9H2,1H3,(H,23,24). The number of carbonyl (C=O) groups is 1. The Balaban J connectivity index is 1.83. The lowest BCUT2D eigenvalue weighted by atomic mass is 9.97. The second-order valence-corrected chi connectivity index (χ2v) is 7.00. The van der Waals surface area contributed by atoms with E-state index in [4.69, 9.17) is 21.8 Å². The molecule has 1 N–H and O–H groups in total. The zero-order valence-corrected chi connectivity index (χ0v) is 13.9. The van der Waals surface area contributed by atoms with Gasteiger partial charge in [-0.1, -0.05) is 24.6 Å². The molecule has 0 aliphatic heterocycles. The Labute approximate surface area is 143 Å². The molecule has 0 aromatic carbocycles. The molecule has 0 atom stereocenters. The number of nitrogens with zero attached hydrogens (tertiary/aromatic N) is 3. The first-order chi connectivity index (χ1) is 11.5. The molecule has 5 nitrogen and oxygen atoms in total. The number of carboxylic acid groups (broad SMARTS) is 1. The molecule has 3 heterocycles. The van der Waals surface area contributed by atoms with Crippen LogP contribution in [0.1, 0.15) is 47.2 Å². The molecule has 0 unspecified atom stereocenters. The van der Waals surface area contributed by atoms with Crippen LogP contribution in [0.5, 0.6) is 0 Å². The molecule has 0 saturated heterocycles. The van der Waals surface area contributed by atoms with E-state index in [9.17, 15) is 4.79 Å². The summed E-state index contributed by atoms with van der Waals surface area (Å²) in [5.74, 6) is -1.02. The second kappa shape index (κ2) is 5.31. The zero-order chi connectivity index (χ0) is 16.9. The van der Waals surface area contributed by atoms with Gasteiger partial charge in [0.2, 0.25) is 0 Å². The Kier molecular flexibility index (Phi) is 3.35. The molecule has 4 rings (SSSR count). The van der Waals surface area contributed by atoms with Gasteiger partial charge in [0, 0.05) is 29.3 Å². The van der Waals surface area contributed by atoms with Crippen molar-refractivity contribution in [3.05, 3.63) is 64.2 Å². The molecular formula is C18H16ClN3O2. The van der Waals surface area contributed by atoms with Gasteiger partial charge in [-0.25, -0.2) is 14.3 Å². The fraction of sp³-hybridized carbons (Fsp3) is 0.278. The Morgan fingerprint density at radius 1 is 1.33 bits per heavy atom. The number of rotatable bonds is 4. The van der Waals surface area contributed by atoms with Crippen LogP contribution in [0.15, 0.2) is 36.5 Å². The summed E-state index contributed by atoms with van der Waals surface area (Å²) < 4.78 is 1.82. The first-order valence-electron chi connectivity index (χ1n) is 7.83. The smallest absolute Gasteiger partial charge is 0.354 e. The van der Waals surface area contributed by atoms with Gasteiger partial charge in [0.15, 0.2) is 0 Å². The predicted octanol–water partition coefficient (Wildman–Crippen LogP) is 3.72. The maximum absolute atomic E-state index is 11.1. The fourth-order valence-corrected chi connectivity index (χ4v) is 3.19. The van der Waals surface area contributed by atoms with Gasteiger partial charge < -0.3 is 5.11 Å². The van der Waals surface area contributed by atoms with Gasteiger partial charge in [0.25, 0.3) is 0 Å². The van der Waals surface area contributed by atoms with Crippen molar-refractivity contribution < 1.29 is 9.90 Å². The molecule has 24 heavy (non-hydrogen) atoms. The van der Waals surface area contributed by atoms with E-state index in [0.717, 1.165) is 35.3 Å². The molecule has 0 amide bonds. The van der Waals surface area contributed by atoms with E-state index in [1.807, 2.05) is 22.7 Å². The summed E-state index contributed by atoms with van der Waals surface area (Å²) in [5, 5.41) is 14.5. The minimum Gasteiger partial charge on any atom is -0.477 e. The molecule has 1 saturated carbocycles. The van der Waals surface area contributed by atoms with E-state index in [1.165, 1.54) is 6.07 Å². The Hall–Kier alpha value is -2.40. The van der Waals surface area contributed by atoms with Crippen molar-refractivity contribution in [1.29, 1.82) is 0 Å². The van der Waals surface area contributed by atoms with Crippen molar-refractivity contribution in [2.75, 3.05) is 0 Å². The molecule has 1 aliphatic carbocycles. The minimum atomic E-state index is -1.02. The summed E-state index contributed by atoms with van der Waals surface area (Å²) in [6, 6.07) is 8.89. The highest BCUT2D eigenvalue weighted by Crippen LogP contribution is 2.49. The first-order valence-corrected chi connectivity index (χ1v) is 8.20. The SMILES string of the molecule is CC1(c2nn3cc(Cl)ccc3c2Cc2cccc(C(=O)O)n2)CC1. The van der Waals surface area contributed by atoms with Crippen molar-refractivity contribution in [2.45, 2.75) is 31.6 Å². The lowest BCUT2D eigenvalue weighted by Crippen LogP contribution is -2.07. The van der Waals surface area contributed by atoms with Gasteiger partial charge in [0.05, 0.1) is 16.2 Å². The van der Waals surface area contributed by atoms with Gasteiger partial charge in [-0.3, -0.25) is 0 Å². The van der Waals surface area contributed by atoms with Gasteiger partial charge >= 0.3 is 5.97 Å². The lowest BCUT2D eigenvalue weighted by Gasteiger charge is -2.08. The van der Waals surface area contributed by atoms with Crippen molar-refractivity contribution in [3.8, 4) is 0 Å². The Bertz CT molecular complexity index is 960. The number of hydrogen-bond acceptors (Lipinski definition) is 3. The van der Waals surface area contributed by atoms with Crippen LogP contribution < -0.4 is 0 Å². The summed E-state index contributed by atoms with van der Waals surface area (Å²) in [6.07, 6.45) is 4.58. The molecule has 3 aromatic heterocycles. The van der Waals surface area contributed by atoms with Crippen LogP contribution in [0.25, 0.3) is 5.52 Å². The lowest BCUT2D eigenvalue weighted by molar-refractivity contribution is 0.0690. The number of pyridine rings is 2. The molecule has 1 aliphatic rings. The van der Waals surface area contributed by atoms with Crippen LogP contribution in [-0.2, 0) is 11.8 Å². The summed E-state index contributed by atoms with van der Waals surface area (Å²) in [7, 11) is 0. The van der Waals surface area contributed by atoms with E-state index >= 15 is 0 Å². The number of halogens is 1. The molecular weight excluding hydrogens is 326 g/mol. The van der Waals surface area contributed by atoms with E-state index in [0.29, 0.717) is 11.4 Å². The van der Waals surface area contributed by atoms with Crippen LogP contribution in [0.3, 0.4) is 0 Å². The topological polar surface area (TPSA) is 67.5 Å². The number of fused-ring (bicyclic) bond motifs is 1. The predicted molar refractivity (Wildman–Crippen MR) is 90.8 cm³/mol. The van der Waals surface area contributed by atoms with E-state index < -0.39 is 5.97 Å². The highest BCUT2D eigenvalue weighted by atomic mass is 35.5. The molecule has 3 aromatic rings. The molecule has 6 heteroatoms. The monoisotopic (exact) mass is 341 g/mol. The first kappa shape index (κ1) is 15.1. The number of hydrogen-bond donors (Lipinski definition) is 1. The van der Waals surface area contributed by atoms with Crippen LogP contribution in [0, 0.1) is 0 Å². The van der Waals surface area contributed by atoms with E-state index in [1.54, 1.807) is 12.3 Å². The average Bonchev–Trinajstić information content (AvgIpc) is 3.20. The quantitative estimate of drug-likeness (QED) is 0.785. The molecule has 0 radical (unpaired) electrons. The van der Waals surface area contributed by atoms with E-state index in [-0.39, 0.29) is 11.1 Å². The van der Waals surface area contributed by atoms with Crippen molar-refractivity contribution in [3.63, 3.8) is 0 Å². The van der Waals surface area contributed by atoms with Gasteiger partial charge in [-0.2, -0.15) is 5.10 Å². The summed E-state index contributed by atoms with van der Waals surface area (Å²) in [4.78, 5) is 15.4. The van der Waals surface area contributed by atoms with Crippen molar-refractivity contribution >= 4 is 23.1 Å². The van der Waals surface area contributed by atoms with Crippen molar-refractivity contribution in [2.24, 2.45) is 0 Å². The van der Waals surface area contributed by atoms with E-state index in [2.05, 4.69) is 11.9 Å². The van der Waals surface area contributed by atoms with Gasteiger partial charge in [-0.05, 0) is 37.1 Å². The third kappa shape index (κ3) is 2.55. The largest absolute Gasteiger partial charge is 0.477 e. The van der Waals surface area contributed by atoms with Gasteiger partial charge in [0.1, 0.15) is 5.69 Å². The number of aromatic nitrogens is 3. The second-order valence-electron chi connectivity index (χ2n) is 6.56. The summed E-state index contributed by atoms with van der Waals surface area (Å²) in [6.45, 7) is 2.21. The third-order valence-electron chi connectivity index (χ3n) is 4.65. The maximum Gasteiger partial charge on any atom is 0.354 e. The normalized spacial score (nSPS) is 15.6. The maximum atomic E-state index is 11.1. The third-order valence-corrected chi connectivity index (χ3v) is 4.87. The zero-order valence-electron chi connectivity index (χ0n) is 13.2. The molecule has 1 fully saturated rings. The average molecular weight is 342 g/mol. The fourth-order valence-electron chi connectivity index (χ4n) is 3.04. The minimum absolute atomic E-state index is 0.0613. The van der Waals surface area contributed by atoms with Crippen LogP contribution in [0.4, 0.5) is 0 Å². The van der Waals surface area contributed by atoms with Crippen LogP contribution >= 0.6 is 11.6 Å². The Morgan fingerprint density at radius 3 is 2.83 bits per heavy atom. The summed E-state index contributed by atoms with van der Waals surface area (Å²) >= 11 is 6.09. The van der Waals surface area contributed by atoms with Crippen LogP contribution in [-0.4, -0.2) is 25.7 Å². The van der Waals surface area contributed by atoms with Crippen molar-refractivity contribution in [1.82, 2.24) is 14.6 Å². The highest BCUT2D eigenvalue weighted by molar-refractivity contribution is 6.30. The Morgan fingerprint density at radius 2 is 2.12 bits per heavy atom. The van der Waals surface area contributed by atoms with Gasteiger partial charge in [-0.15, -0.1) is 0 Å².